The summed E-state index contributed by atoms with van der Waals surface area (Å²) < 4.78 is 0. The molecule has 0 saturated carbocycles. The molecule has 0 heterocycles. The first kappa shape index (κ1) is 11.1. The smallest absolute Gasteiger partial charge is 0.322 e. The van der Waals surface area contributed by atoms with Crippen LogP contribution in [0.5, 0.6) is 0 Å². The van der Waals surface area contributed by atoms with Crippen LogP contribution in [0.3, 0.4) is 0 Å². The van der Waals surface area contributed by atoms with Crippen molar-refractivity contribution in [2.45, 2.75) is 19.6 Å². The van der Waals surface area contributed by atoms with Crippen molar-refractivity contribution >= 4 is 24.0 Å². The van der Waals surface area contributed by atoms with Gasteiger partial charge in [-0.25, -0.2) is 0 Å². The molecule has 0 aliphatic carbocycles. The van der Waals surface area contributed by atoms with Crippen molar-refractivity contribution in [2.75, 3.05) is 0 Å². The van der Waals surface area contributed by atoms with Gasteiger partial charge < -0.3 is 15.9 Å². The van der Waals surface area contributed by atoms with Crippen LogP contribution < -0.4 is 18.9 Å². The summed E-state index contributed by atoms with van der Waals surface area (Å²) in [4.78, 5) is 2.14. The van der Waals surface area contributed by atoms with Gasteiger partial charge >= 0.3 is 18.9 Å². The number of hydrogen-bond donors (Lipinski definition) is 0. The third-order valence-corrected chi connectivity index (χ3v) is 5.10. The maximum Gasteiger partial charge on any atom is 1.00 e. The Morgan fingerprint density at radius 2 is 1.43 bits per heavy atom. The molecule has 3 heteroatoms. The van der Waals surface area contributed by atoms with Gasteiger partial charge in [-0.15, -0.1) is 0 Å². The standard InChI is InChI=1S/C4H10BrSi.Li/c1-6(2,3)4-5;/h4H,1-3H3;/q-1;+1. The Morgan fingerprint density at radius 3 is 1.43 bits per heavy atom. The average Bonchev–Trinajstić information content (AvgIpc) is 1.35. The summed E-state index contributed by atoms with van der Waals surface area (Å²) >= 11 is 3.31. The van der Waals surface area contributed by atoms with Crippen LogP contribution in [0.25, 0.3) is 0 Å². The Kier molecular flexibility index (Phi) is 6.68. The van der Waals surface area contributed by atoms with E-state index in [9.17, 15) is 0 Å². The number of rotatable bonds is 1. The molecule has 0 aliphatic heterocycles. The van der Waals surface area contributed by atoms with Crippen molar-refractivity contribution in [3.8, 4) is 0 Å². The van der Waals surface area contributed by atoms with Crippen molar-refractivity contribution in [1.82, 2.24) is 0 Å². The maximum absolute atomic E-state index is 3.31. The molecule has 0 N–H and O–H groups in total. The fourth-order valence-electron chi connectivity index (χ4n) is 0. The fourth-order valence-corrected chi connectivity index (χ4v) is 0. The first-order valence-electron chi connectivity index (χ1n) is 2.01. The van der Waals surface area contributed by atoms with Gasteiger partial charge in [-0.3, -0.25) is 4.95 Å². The van der Waals surface area contributed by atoms with E-state index in [1.54, 1.807) is 0 Å². The summed E-state index contributed by atoms with van der Waals surface area (Å²) in [6.45, 7) is 6.84. The summed E-state index contributed by atoms with van der Waals surface area (Å²) in [5.74, 6) is 0. The van der Waals surface area contributed by atoms with E-state index >= 15 is 0 Å². The molecule has 0 aromatic rings. The molecule has 0 radical (unpaired) electrons. The minimum Gasteiger partial charge on any atom is -0.322 e. The van der Waals surface area contributed by atoms with Gasteiger partial charge in [-0.1, -0.05) is 27.7 Å². The van der Waals surface area contributed by atoms with Gasteiger partial charge in [0.05, 0.1) is 0 Å². The van der Waals surface area contributed by atoms with Crippen LogP contribution in [-0.2, 0) is 0 Å². The zero-order valence-electron chi connectivity index (χ0n) is 5.46. The minimum absolute atomic E-state index is 0. The molecule has 0 amide bonds. The summed E-state index contributed by atoms with van der Waals surface area (Å²) in [5.41, 5.74) is 0. The van der Waals surface area contributed by atoms with Crippen molar-refractivity contribution in [3.05, 3.63) is 4.95 Å². The van der Waals surface area contributed by atoms with Crippen LogP contribution in [0, 0.1) is 4.95 Å². The molecule has 0 atom stereocenters. The zero-order chi connectivity index (χ0) is 5.21. The van der Waals surface area contributed by atoms with E-state index in [-0.39, 0.29) is 18.9 Å². The zero-order valence-corrected chi connectivity index (χ0v) is 8.04. The van der Waals surface area contributed by atoms with Crippen LogP contribution in [0.2, 0.25) is 19.6 Å². The molecule has 0 aromatic heterocycles. The second-order valence-corrected chi connectivity index (χ2v) is 8.80. The van der Waals surface area contributed by atoms with Crippen LogP contribution in [0.4, 0.5) is 0 Å². The van der Waals surface area contributed by atoms with Crippen LogP contribution in [-0.4, -0.2) is 8.07 Å². The summed E-state index contributed by atoms with van der Waals surface area (Å²) in [7, 11) is -0.840. The molecule has 0 fully saturated rings. The molecule has 0 aliphatic rings. The Labute approximate surface area is 67.4 Å². The van der Waals surface area contributed by atoms with Gasteiger partial charge in [0.1, 0.15) is 0 Å². The molecular formula is C4H10BrLiSi. The molecule has 7 heavy (non-hydrogen) atoms. The van der Waals surface area contributed by atoms with Crippen LogP contribution >= 0.6 is 15.9 Å². The molecule has 0 unspecified atom stereocenters. The number of halogens is 1. The first-order chi connectivity index (χ1) is 2.56. The third-order valence-electron chi connectivity index (χ3n) is 0.327. The van der Waals surface area contributed by atoms with Crippen LogP contribution in [0.1, 0.15) is 0 Å². The molecule has 0 bridgehead atoms. The summed E-state index contributed by atoms with van der Waals surface area (Å²) in [6.07, 6.45) is 0. The van der Waals surface area contributed by atoms with Gasteiger partial charge in [0.15, 0.2) is 0 Å². The predicted molar refractivity (Wildman–Crippen MR) is 36.6 cm³/mol. The van der Waals surface area contributed by atoms with Gasteiger partial charge in [-0.05, 0) is 0 Å². The maximum atomic E-state index is 3.31. The Morgan fingerprint density at radius 1 is 1.29 bits per heavy atom. The van der Waals surface area contributed by atoms with Gasteiger partial charge in [0.25, 0.3) is 0 Å². The predicted octanol–water partition coefficient (Wildman–Crippen LogP) is -0.576. The third kappa shape index (κ3) is 11.1. The molecule has 38 valence electrons. The molecule has 0 nitrogen and oxygen atoms in total. The van der Waals surface area contributed by atoms with E-state index in [2.05, 4.69) is 40.5 Å². The minimum atomic E-state index is -0.840. The van der Waals surface area contributed by atoms with Gasteiger partial charge in [0.2, 0.25) is 0 Å². The SMILES string of the molecule is C[Si](C)(C)[CH-]Br.[Li+]. The second kappa shape index (κ2) is 4.20. The van der Waals surface area contributed by atoms with E-state index in [0.29, 0.717) is 0 Å². The largest absolute Gasteiger partial charge is 1.00 e. The Balaban J connectivity index is 0. The topological polar surface area (TPSA) is 0 Å². The van der Waals surface area contributed by atoms with Gasteiger partial charge in [0, 0.05) is 0 Å². The first-order valence-corrected chi connectivity index (χ1v) is 6.50. The van der Waals surface area contributed by atoms with Gasteiger partial charge in [-0.2, -0.15) is 0 Å². The monoisotopic (exact) mass is 172 g/mol. The van der Waals surface area contributed by atoms with E-state index < -0.39 is 8.07 Å². The normalized spacial score (nSPS) is 10.3. The van der Waals surface area contributed by atoms with Crippen molar-refractivity contribution in [1.29, 1.82) is 0 Å². The fraction of sp³-hybridized carbons (Fsp3) is 0.750. The van der Waals surface area contributed by atoms with Crippen LogP contribution in [0.15, 0.2) is 0 Å². The van der Waals surface area contributed by atoms with Crippen molar-refractivity contribution in [2.24, 2.45) is 0 Å². The summed E-state index contributed by atoms with van der Waals surface area (Å²) in [6, 6.07) is 0. The van der Waals surface area contributed by atoms with Crippen molar-refractivity contribution < 1.29 is 18.9 Å². The molecular weight excluding hydrogens is 163 g/mol. The summed E-state index contributed by atoms with van der Waals surface area (Å²) in [5, 5.41) is 0. The second-order valence-electron chi connectivity index (χ2n) is 2.48. The average molecular weight is 173 g/mol. The molecule has 0 aromatic carbocycles. The quantitative estimate of drug-likeness (QED) is 0.367. The van der Waals surface area contributed by atoms with E-state index in [0.717, 1.165) is 0 Å². The molecule has 0 saturated heterocycles. The Hall–Kier alpha value is 1.29. The molecule has 0 spiro atoms. The Bertz CT molecular complexity index is 41.4. The molecule has 0 rings (SSSR count). The van der Waals surface area contributed by atoms with Crippen molar-refractivity contribution in [3.63, 3.8) is 0 Å². The van der Waals surface area contributed by atoms with E-state index in [1.165, 1.54) is 0 Å². The van der Waals surface area contributed by atoms with E-state index in [4.69, 9.17) is 0 Å². The van der Waals surface area contributed by atoms with E-state index in [1.807, 2.05) is 0 Å². The number of hydrogen-bond acceptors (Lipinski definition) is 0.